The second-order valence-electron chi connectivity index (χ2n) is 4.87. The Kier molecular flexibility index (Phi) is 3.35. The number of hydrogen-bond donors (Lipinski definition) is 1. The molecule has 1 N–H and O–H groups in total. The molecule has 1 aromatic heterocycles. The molecular weight excluding hydrogens is 248 g/mol. The van der Waals surface area contributed by atoms with Crippen LogP contribution in [0.25, 0.3) is 5.69 Å². The minimum atomic E-state index is -0.590. The Hall–Kier alpha value is -2.39. The van der Waals surface area contributed by atoms with Crippen LogP contribution >= 0.6 is 0 Å². The molecule has 0 saturated carbocycles. The Balaban J connectivity index is 1.85. The van der Waals surface area contributed by atoms with E-state index in [1.54, 1.807) is 12.5 Å². The smallest absolute Gasteiger partial charge is 0.104 e. The maximum atomic E-state index is 10.4. The van der Waals surface area contributed by atoms with Crippen LogP contribution in [-0.2, 0) is 0 Å². The van der Waals surface area contributed by atoms with Crippen LogP contribution in [0.2, 0.25) is 0 Å². The van der Waals surface area contributed by atoms with Crippen molar-refractivity contribution in [2.24, 2.45) is 0 Å². The molecule has 0 aliphatic heterocycles. The van der Waals surface area contributed by atoms with Gasteiger partial charge >= 0.3 is 0 Å². The Morgan fingerprint density at radius 1 is 0.950 bits per heavy atom. The highest BCUT2D eigenvalue weighted by molar-refractivity contribution is 5.38. The lowest BCUT2D eigenvalue weighted by atomic mass is 10.0. The van der Waals surface area contributed by atoms with Crippen LogP contribution in [0.15, 0.2) is 67.3 Å². The quantitative estimate of drug-likeness (QED) is 0.788. The summed E-state index contributed by atoms with van der Waals surface area (Å²) in [5.41, 5.74) is 4.02. The van der Waals surface area contributed by atoms with Crippen molar-refractivity contribution in [1.29, 1.82) is 0 Å². The van der Waals surface area contributed by atoms with Gasteiger partial charge in [0, 0.05) is 18.1 Å². The molecule has 0 amide bonds. The predicted octanol–water partition coefficient (Wildman–Crippen LogP) is 3.26. The lowest BCUT2D eigenvalue weighted by molar-refractivity contribution is 0.220. The molecule has 3 aromatic rings. The number of rotatable bonds is 3. The van der Waals surface area contributed by atoms with Crippen molar-refractivity contribution < 1.29 is 5.11 Å². The summed E-state index contributed by atoms with van der Waals surface area (Å²) < 4.78 is 1.93. The molecule has 3 rings (SSSR count). The van der Waals surface area contributed by atoms with Gasteiger partial charge in [-0.3, -0.25) is 0 Å². The highest BCUT2D eigenvalue weighted by Gasteiger charge is 2.10. The Morgan fingerprint density at radius 2 is 1.55 bits per heavy atom. The van der Waals surface area contributed by atoms with Crippen LogP contribution in [0.3, 0.4) is 0 Å². The van der Waals surface area contributed by atoms with E-state index in [0.29, 0.717) is 0 Å². The molecule has 0 fully saturated rings. The molecule has 0 unspecified atom stereocenters. The molecule has 1 heterocycles. The third-order valence-electron chi connectivity index (χ3n) is 3.40. The molecule has 3 heteroatoms. The number of aliphatic hydroxyl groups excluding tert-OH is 1. The second-order valence-corrected chi connectivity index (χ2v) is 4.87. The van der Waals surface area contributed by atoms with Crippen LogP contribution in [0.1, 0.15) is 22.8 Å². The normalized spacial score (nSPS) is 12.3. The second kappa shape index (κ2) is 5.31. The minimum absolute atomic E-state index is 0.590. The maximum absolute atomic E-state index is 10.4. The van der Waals surface area contributed by atoms with Gasteiger partial charge in [-0.15, -0.1) is 0 Å². The van der Waals surface area contributed by atoms with Crippen molar-refractivity contribution in [2.75, 3.05) is 0 Å². The average Bonchev–Trinajstić information content (AvgIpc) is 3.02. The van der Waals surface area contributed by atoms with E-state index in [1.807, 2.05) is 66.2 Å². The topological polar surface area (TPSA) is 38.0 Å². The van der Waals surface area contributed by atoms with Gasteiger partial charge in [-0.05, 0) is 30.2 Å². The fourth-order valence-electron chi connectivity index (χ4n) is 2.18. The SMILES string of the molecule is Cc1ccc([C@H](O)c2ccc(-n3ccnc3)cc2)cc1. The Labute approximate surface area is 118 Å². The summed E-state index contributed by atoms with van der Waals surface area (Å²) in [7, 11) is 0. The lowest BCUT2D eigenvalue weighted by Crippen LogP contribution is -2.00. The van der Waals surface area contributed by atoms with E-state index < -0.39 is 6.10 Å². The summed E-state index contributed by atoms with van der Waals surface area (Å²) in [5, 5.41) is 10.4. The lowest BCUT2D eigenvalue weighted by Gasteiger charge is -2.12. The summed E-state index contributed by atoms with van der Waals surface area (Å²) in [6.45, 7) is 2.04. The van der Waals surface area contributed by atoms with E-state index in [9.17, 15) is 5.11 Å². The number of hydrogen-bond acceptors (Lipinski definition) is 2. The van der Waals surface area contributed by atoms with Crippen LogP contribution in [0.4, 0.5) is 0 Å². The molecule has 0 radical (unpaired) electrons. The standard InChI is InChI=1S/C17H16N2O/c1-13-2-4-14(5-3-13)17(20)15-6-8-16(9-7-15)19-11-10-18-12-19/h2-12,17,20H,1H3/t17-/m0/s1. The molecule has 0 bridgehead atoms. The van der Waals surface area contributed by atoms with Gasteiger partial charge in [0.25, 0.3) is 0 Å². The van der Waals surface area contributed by atoms with Gasteiger partial charge in [0.05, 0.1) is 6.33 Å². The van der Waals surface area contributed by atoms with Crippen molar-refractivity contribution in [1.82, 2.24) is 9.55 Å². The molecular formula is C17H16N2O. The number of nitrogens with zero attached hydrogens (tertiary/aromatic N) is 2. The molecule has 1 atom stereocenters. The third kappa shape index (κ3) is 2.49. The first-order valence-corrected chi connectivity index (χ1v) is 6.57. The summed E-state index contributed by atoms with van der Waals surface area (Å²) in [4.78, 5) is 4.03. The number of benzene rings is 2. The molecule has 20 heavy (non-hydrogen) atoms. The Bertz CT molecular complexity index is 670. The van der Waals surface area contributed by atoms with Gasteiger partial charge in [0.15, 0.2) is 0 Å². The van der Waals surface area contributed by atoms with Crippen LogP contribution in [-0.4, -0.2) is 14.7 Å². The monoisotopic (exact) mass is 264 g/mol. The summed E-state index contributed by atoms with van der Waals surface area (Å²) >= 11 is 0. The third-order valence-corrected chi connectivity index (χ3v) is 3.40. The van der Waals surface area contributed by atoms with Crippen molar-refractivity contribution in [2.45, 2.75) is 13.0 Å². The number of aryl methyl sites for hydroxylation is 1. The van der Waals surface area contributed by atoms with Crippen molar-refractivity contribution in [3.8, 4) is 5.69 Å². The van der Waals surface area contributed by atoms with E-state index in [0.717, 1.165) is 16.8 Å². The molecule has 100 valence electrons. The minimum Gasteiger partial charge on any atom is -0.384 e. The number of imidazole rings is 1. The highest BCUT2D eigenvalue weighted by atomic mass is 16.3. The maximum Gasteiger partial charge on any atom is 0.104 e. The van der Waals surface area contributed by atoms with E-state index in [4.69, 9.17) is 0 Å². The number of aliphatic hydroxyl groups is 1. The van der Waals surface area contributed by atoms with E-state index in [-0.39, 0.29) is 0 Å². The van der Waals surface area contributed by atoms with Gasteiger partial charge < -0.3 is 9.67 Å². The molecule has 0 spiro atoms. The van der Waals surface area contributed by atoms with Crippen molar-refractivity contribution in [3.63, 3.8) is 0 Å². The zero-order valence-electron chi connectivity index (χ0n) is 11.3. The van der Waals surface area contributed by atoms with Gasteiger partial charge in [0.1, 0.15) is 6.10 Å². The molecule has 3 nitrogen and oxygen atoms in total. The largest absolute Gasteiger partial charge is 0.384 e. The molecule has 2 aromatic carbocycles. The first-order chi connectivity index (χ1) is 9.74. The average molecular weight is 264 g/mol. The van der Waals surface area contributed by atoms with E-state index in [2.05, 4.69) is 4.98 Å². The number of aromatic nitrogens is 2. The van der Waals surface area contributed by atoms with E-state index in [1.165, 1.54) is 5.56 Å². The molecule has 0 aliphatic carbocycles. The first-order valence-electron chi connectivity index (χ1n) is 6.57. The predicted molar refractivity (Wildman–Crippen MR) is 78.8 cm³/mol. The van der Waals surface area contributed by atoms with Crippen LogP contribution in [0, 0.1) is 6.92 Å². The van der Waals surface area contributed by atoms with E-state index >= 15 is 0 Å². The van der Waals surface area contributed by atoms with Crippen LogP contribution in [0.5, 0.6) is 0 Å². The molecule has 0 saturated heterocycles. The van der Waals surface area contributed by atoms with Gasteiger partial charge in [0.2, 0.25) is 0 Å². The Morgan fingerprint density at radius 3 is 2.10 bits per heavy atom. The zero-order valence-corrected chi connectivity index (χ0v) is 11.3. The first kappa shape index (κ1) is 12.6. The zero-order chi connectivity index (χ0) is 13.9. The summed E-state index contributed by atoms with van der Waals surface area (Å²) in [6.07, 6.45) is 4.80. The highest BCUT2D eigenvalue weighted by Crippen LogP contribution is 2.23. The summed E-state index contributed by atoms with van der Waals surface area (Å²) in [6, 6.07) is 15.8. The van der Waals surface area contributed by atoms with Crippen molar-refractivity contribution >= 4 is 0 Å². The molecule has 0 aliphatic rings. The van der Waals surface area contributed by atoms with Gasteiger partial charge in [-0.2, -0.15) is 0 Å². The van der Waals surface area contributed by atoms with Gasteiger partial charge in [-0.25, -0.2) is 4.98 Å². The van der Waals surface area contributed by atoms with Gasteiger partial charge in [-0.1, -0.05) is 42.0 Å². The fraction of sp³-hybridized carbons (Fsp3) is 0.118. The fourth-order valence-corrected chi connectivity index (χ4v) is 2.18. The summed E-state index contributed by atoms with van der Waals surface area (Å²) in [5.74, 6) is 0. The van der Waals surface area contributed by atoms with Crippen molar-refractivity contribution in [3.05, 3.63) is 83.9 Å². The van der Waals surface area contributed by atoms with Crippen LogP contribution < -0.4 is 0 Å².